The van der Waals surface area contributed by atoms with Crippen molar-refractivity contribution in [3.8, 4) is 0 Å². The summed E-state index contributed by atoms with van der Waals surface area (Å²) < 4.78 is 0. The monoisotopic (exact) mass is 425 g/mol. The average molecular weight is 426 g/mol. The number of amides is 3. The number of fused-ring (bicyclic) bond motifs is 4. The van der Waals surface area contributed by atoms with E-state index in [4.69, 9.17) is 0 Å². The van der Waals surface area contributed by atoms with Crippen LogP contribution in [0.3, 0.4) is 0 Å². The summed E-state index contributed by atoms with van der Waals surface area (Å²) in [5.74, 6) is 0.312. The zero-order valence-electron chi connectivity index (χ0n) is 18.0. The molecule has 2 bridgehead atoms. The summed E-state index contributed by atoms with van der Waals surface area (Å²) in [6.45, 7) is 5.40. The Balaban J connectivity index is 1.26. The largest absolute Gasteiger partial charge is 0.362 e. The van der Waals surface area contributed by atoms with Crippen LogP contribution < -0.4 is 16.0 Å². The molecule has 31 heavy (non-hydrogen) atoms. The Morgan fingerprint density at radius 1 is 1.13 bits per heavy atom. The summed E-state index contributed by atoms with van der Waals surface area (Å²) in [6, 6.07) is 7.08. The standard InChI is InChI=1S/C23H31N5O3/c1-15(21(30)24-19-14-27-11-7-16(19)8-12-27)28-13-10-23(9-6-20(28)29)25-18-5-3-2-4-17(18)22(31)26-23/h2-5,15-16,19,25H,6-14H2,1H3,(H,24,30)(H,26,31). The maximum atomic E-state index is 13.0. The molecule has 5 heterocycles. The fraction of sp³-hybridized carbons (Fsp3) is 0.609. The second kappa shape index (κ2) is 7.82. The number of anilines is 1. The molecule has 8 heteroatoms. The highest BCUT2D eigenvalue weighted by Gasteiger charge is 2.42. The zero-order chi connectivity index (χ0) is 21.6. The molecule has 0 saturated carbocycles. The fourth-order valence-corrected chi connectivity index (χ4v) is 5.62. The van der Waals surface area contributed by atoms with Crippen LogP contribution in [-0.2, 0) is 9.59 Å². The molecule has 8 nitrogen and oxygen atoms in total. The van der Waals surface area contributed by atoms with Gasteiger partial charge in [-0.3, -0.25) is 14.4 Å². The Kier molecular flexibility index (Phi) is 5.12. The summed E-state index contributed by atoms with van der Waals surface area (Å²) in [5, 5.41) is 9.76. The van der Waals surface area contributed by atoms with Crippen molar-refractivity contribution in [2.45, 2.75) is 56.8 Å². The molecule has 1 spiro atoms. The molecule has 3 amide bonds. The number of hydrogen-bond donors (Lipinski definition) is 3. The van der Waals surface area contributed by atoms with E-state index in [1.54, 1.807) is 11.0 Å². The summed E-state index contributed by atoms with van der Waals surface area (Å²) in [5.41, 5.74) is 0.744. The normalized spacial score (nSPS) is 33.2. The summed E-state index contributed by atoms with van der Waals surface area (Å²) in [4.78, 5) is 42.7. The third-order valence-electron chi connectivity index (χ3n) is 7.59. The molecule has 1 aromatic rings. The van der Waals surface area contributed by atoms with Crippen molar-refractivity contribution in [2.24, 2.45) is 5.92 Å². The number of para-hydroxylation sites is 1. The first-order valence-electron chi connectivity index (χ1n) is 11.5. The van der Waals surface area contributed by atoms with Crippen LogP contribution in [-0.4, -0.2) is 71.4 Å². The molecule has 5 aliphatic rings. The van der Waals surface area contributed by atoms with Gasteiger partial charge in [0.1, 0.15) is 11.7 Å². The molecular weight excluding hydrogens is 394 g/mol. The van der Waals surface area contributed by atoms with Gasteiger partial charge < -0.3 is 25.8 Å². The zero-order valence-corrected chi connectivity index (χ0v) is 18.0. The van der Waals surface area contributed by atoms with Gasteiger partial charge in [-0.25, -0.2) is 0 Å². The van der Waals surface area contributed by atoms with E-state index in [0.717, 1.165) is 38.2 Å². The molecule has 3 N–H and O–H groups in total. The molecule has 5 aliphatic heterocycles. The van der Waals surface area contributed by atoms with E-state index in [1.807, 2.05) is 25.1 Å². The van der Waals surface area contributed by atoms with E-state index < -0.39 is 11.7 Å². The number of nitrogens with one attached hydrogen (secondary N) is 3. The minimum absolute atomic E-state index is 0.0386. The second-order valence-electron chi connectivity index (χ2n) is 9.47. The van der Waals surface area contributed by atoms with Gasteiger partial charge in [-0.2, -0.15) is 0 Å². The van der Waals surface area contributed by atoms with Gasteiger partial charge in [-0.1, -0.05) is 12.1 Å². The van der Waals surface area contributed by atoms with Crippen LogP contribution >= 0.6 is 0 Å². The second-order valence-corrected chi connectivity index (χ2v) is 9.47. The number of likely N-dealkylation sites (tertiary alicyclic amines) is 1. The van der Waals surface area contributed by atoms with E-state index in [1.165, 1.54) is 0 Å². The van der Waals surface area contributed by atoms with E-state index in [2.05, 4.69) is 20.9 Å². The number of carbonyl (C=O) groups is 3. The fourth-order valence-electron chi connectivity index (χ4n) is 5.62. The predicted molar refractivity (Wildman–Crippen MR) is 116 cm³/mol. The Morgan fingerprint density at radius 3 is 2.65 bits per heavy atom. The number of piperidine rings is 3. The van der Waals surface area contributed by atoms with Crippen LogP contribution in [0.2, 0.25) is 0 Å². The molecule has 0 radical (unpaired) electrons. The van der Waals surface area contributed by atoms with Crippen molar-refractivity contribution in [3.05, 3.63) is 29.8 Å². The smallest absolute Gasteiger partial charge is 0.255 e. The lowest BCUT2D eigenvalue weighted by molar-refractivity contribution is -0.140. The van der Waals surface area contributed by atoms with Crippen molar-refractivity contribution in [1.29, 1.82) is 0 Å². The molecular formula is C23H31N5O3. The van der Waals surface area contributed by atoms with E-state index in [9.17, 15) is 14.4 Å². The lowest BCUT2D eigenvalue weighted by Crippen LogP contribution is -2.60. The molecule has 166 valence electrons. The van der Waals surface area contributed by atoms with Crippen LogP contribution in [0.25, 0.3) is 0 Å². The Hall–Kier alpha value is -2.61. The number of benzene rings is 1. The van der Waals surface area contributed by atoms with Gasteiger partial charge in [0.05, 0.1) is 5.56 Å². The van der Waals surface area contributed by atoms with Crippen molar-refractivity contribution in [3.63, 3.8) is 0 Å². The molecule has 0 aromatic heterocycles. The SMILES string of the molecule is CC(C(=O)NC1CN2CCC1CC2)N1CCC2(CCC1=O)NC(=O)c1ccccc1N2. The molecule has 3 unspecified atom stereocenters. The highest BCUT2D eigenvalue weighted by Crippen LogP contribution is 2.32. The highest BCUT2D eigenvalue weighted by atomic mass is 16.2. The Bertz CT molecular complexity index is 897. The highest BCUT2D eigenvalue weighted by molar-refractivity contribution is 6.02. The minimum Gasteiger partial charge on any atom is -0.362 e. The molecule has 4 saturated heterocycles. The molecule has 4 fully saturated rings. The summed E-state index contributed by atoms with van der Waals surface area (Å²) in [7, 11) is 0. The third-order valence-corrected chi connectivity index (χ3v) is 7.59. The van der Waals surface area contributed by atoms with Gasteiger partial charge in [0.25, 0.3) is 5.91 Å². The van der Waals surface area contributed by atoms with Crippen LogP contribution in [0.15, 0.2) is 24.3 Å². The number of nitrogens with zero attached hydrogens (tertiary/aromatic N) is 2. The van der Waals surface area contributed by atoms with Crippen molar-refractivity contribution >= 4 is 23.4 Å². The van der Waals surface area contributed by atoms with Gasteiger partial charge in [0, 0.05) is 37.7 Å². The summed E-state index contributed by atoms with van der Waals surface area (Å²) in [6.07, 6.45) is 3.61. The first-order chi connectivity index (χ1) is 14.9. The van der Waals surface area contributed by atoms with Crippen LogP contribution in [0.5, 0.6) is 0 Å². The van der Waals surface area contributed by atoms with Gasteiger partial charge >= 0.3 is 0 Å². The van der Waals surface area contributed by atoms with Gasteiger partial charge in [-0.05, 0) is 57.3 Å². The van der Waals surface area contributed by atoms with Crippen molar-refractivity contribution in [2.75, 3.05) is 31.5 Å². The van der Waals surface area contributed by atoms with Crippen LogP contribution in [0.1, 0.15) is 49.4 Å². The summed E-state index contributed by atoms with van der Waals surface area (Å²) >= 11 is 0. The van der Waals surface area contributed by atoms with Gasteiger partial charge in [-0.15, -0.1) is 0 Å². The van der Waals surface area contributed by atoms with Crippen LogP contribution in [0, 0.1) is 5.92 Å². The first kappa shape index (κ1) is 20.3. The van der Waals surface area contributed by atoms with Gasteiger partial charge in [0.15, 0.2) is 0 Å². The van der Waals surface area contributed by atoms with Crippen molar-refractivity contribution < 1.29 is 14.4 Å². The number of rotatable bonds is 3. The maximum Gasteiger partial charge on any atom is 0.255 e. The van der Waals surface area contributed by atoms with Crippen molar-refractivity contribution in [1.82, 2.24) is 20.4 Å². The Labute approximate surface area is 182 Å². The number of hydrogen-bond acceptors (Lipinski definition) is 5. The predicted octanol–water partition coefficient (Wildman–Crippen LogP) is 1.15. The minimum atomic E-state index is -0.665. The average Bonchev–Trinajstić information content (AvgIpc) is 2.93. The topological polar surface area (TPSA) is 93.8 Å². The molecule has 1 aromatic carbocycles. The quantitative estimate of drug-likeness (QED) is 0.676. The lowest BCUT2D eigenvalue weighted by Gasteiger charge is -2.45. The Morgan fingerprint density at radius 2 is 1.90 bits per heavy atom. The first-order valence-corrected chi connectivity index (χ1v) is 11.5. The van der Waals surface area contributed by atoms with Gasteiger partial charge in [0.2, 0.25) is 11.8 Å². The molecule has 3 atom stereocenters. The van der Waals surface area contributed by atoms with E-state index in [-0.39, 0.29) is 30.2 Å². The molecule has 0 aliphatic carbocycles. The maximum absolute atomic E-state index is 13.0. The lowest BCUT2D eigenvalue weighted by atomic mass is 9.84. The third kappa shape index (κ3) is 3.78. The molecule has 6 rings (SSSR count). The number of carbonyl (C=O) groups excluding carboxylic acids is 3. The van der Waals surface area contributed by atoms with Crippen LogP contribution in [0.4, 0.5) is 5.69 Å². The van der Waals surface area contributed by atoms with E-state index >= 15 is 0 Å². The van der Waals surface area contributed by atoms with E-state index in [0.29, 0.717) is 30.9 Å².